The fourth-order valence-electron chi connectivity index (χ4n) is 4.13. The largest absolute Gasteiger partial charge is 0.573 e. The molecule has 5 rings (SSSR count). The number of nitrogens with zero attached hydrogens (tertiary/aromatic N) is 5. The Morgan fingerprint density at radius 3 is 2.29 bits per heavy atom. The molecule has 2 fully saturated rings. The van der Waals surface area contributed by atoms with Crippen molar-refractivity contribution in [3.63, 3.8) is 0 Å². The number of morpholine rings is 2. The molecule has 2 amide bonds. The number of benzene rings is 1. The van der Waals surface area contributed by atoms with E-state index >= 15 is 0 Å². The molecule has 0 N–H and O–H groups in total. The van der Waals surface area contributed by atoms with Crippen LogP contribution in [0.15, 0.2) is 49.1 Å². The summed E-state index contributed by atoms with van der Waals surface area (Å²) in [5, 5.41) is 0. The first kappa shape index (κ1) is 23.1. The van der Waals surface area contributed by atoms with Gasteiger partial charge >= 0.3 is 6.36 Å². The summed E-state index contributed by atoms with van der Waals surface area (Å²) >= 11 is 0. The summed E-state index contributed by atoms with van der Waals surface area (Å²) in [5.74, 6) is -2.34. The topological polar surface area (TPSA) is 98.5 Å². The molecule has 13 heteroatoms. The number of fused-ring (bicyclic) bond motifs is 1. The second-order valence-corrected chi connectivity index (χ2v) is 8.10. The minimum Gasteiger partial charge on any atom is -0.406 e. The van der Waals surface area contributed by atoms with Crippen LogP contribution in [0.25, 0.3) is 5.65 Å². The Labute approximate surface area is 196 Å². The molecule has 0 aliphatic carbocycles. The third-order valence-corrected chi connectivity index (χ3v) is 5.71. The number of amides is 2. The van der Waals surface area contributed by atoms with Crippen LogP contribution >= 0.6 is 0 Å². The van der Waals surface area contributed by atoms with Gasteiger partial charge in [-0.15, -0.1) is 13.2 Å². The molecule has 2 aromatic heterocycles. The summed E-state index contributed by atoms with van der Waals surface area (Å²) in [7, 11) is 0. The molecule has 3 aromatic rings. The van der Waals surface area contributed by atoms with Crippen LogP contribution in [0.2, 0.25) is 0 Å². The smallest absolute Gasteiger partial charge is 0.406 e. The number of aromatic nitrogens is 3. The molecule has 2 aliphatic rings. The number of hydrogen-bond donors (Lipinski definition) is 0. The Kier molecular flexibility index (Phi) is 5.81. The van der Waals surface area contributed by atoms with Gasteiger partial charge in [-0.3, -0.25) is 14.6 Å². The zero-order chi connectivity index (χ0) is 24.6. The Morgan fingerprint density at radius 2 is 1.66 bits per heavy atom. The third kappa shape index (κ3) is 4.91. The van der Waals surface area contributed by atoms with Gasteiger partial charge in [0.05, 0.1) is 32.5 Å². The first-order valence-electron chi connectivity index (χ1n) is 10.7. The number of imidazole rings is 1. The van der Waals surface area contributed by atoms with E-state index < -0.39 is 23.8 Å². The number of hydrogen-bond acceptors (Lipinski definition) is 7. The first-order chi connectivity index (χ1) is 16.7. The Bertz CT molecular complexity index is 1210. The van der Waals surface area contributed by atoms with Crippen LogP contribution in [-0.4, -0.2) is 87.5 Å². The van der Waals surface area contributed by atoms with Crippen molar-refractivity contribution >= 4 is 17.5 Å². The second-order valence-electron chi connectivity index (χ2n) is 8.10. The standard InChI is InChI=1S/C22H20F3N5O5/c23-22(24,25)35-16-3-1-15(2-4-16)19(31)29-7-9-33-21(13-29)14-30(8-10-34-21)20(32)17-12-28-6-5-26-11-18(28)27-17/h1-6,11-12H,7-10,13-14H2. The van der Waals surface area contributed by atoms with Crippen molar-refractivity contribution in [1.29, 1.82) is 0 Å². The molecule has 2 aliphatic heterocycles. The lowest BCUT2D eigenvalue weighted by molar-refractivity contribution is -0.282. The lowest BCUT2D eigenvalue weighted by Gasteiger charge is -2.47. The normalized spacial score (nSPS) is 20.9. The maximum atomic E-state index is 13.1. The van der Waals surface area contributed by atoms with Crippen molar-refractivity contribution in [2.45, 2.75) is 12.1 Å². The molecular weight excluding hydrogens is 471 g/mol. The quantitative estimate of drug-likeness (QED) is 0.553. The highest BCUT2D eigenvalue weighted by molar-refractivity contribution is 5.94. The molecule has 1 unspecified atom stereocenters. The number of carbonyl (C=O) groups excluding carboxylic acids is 2. The molecular formula is C22H20F3N5O5. The highest BCUT2D eigenvalue weighted by Crippen LogP contribution is 2.28. The molecule has 4 heterocycles. The van der Waals surface area contributed by atoms with Crippen LogP contribution in [-0.2, 0) is 9.47 Å². The van der Waals surface area contributed by atoms with Crippen LogP contribution in [0.1, 0.15) is 20.8 Å². The summed E-state index contributed by atoms with van der Waals surface area (Å²) in [6, 6.07) is 4.69. The van der Waals surface area contributed by atoms with Crippen molar-refractivity contribution in [3.05, 3.63) is 60.3 Å². The molecule has 1 aromatic carbocycles. The van der Waals surface area contributed by atoms with Gasteiger partial charge in [-0.05, 0) is 24.3 Å². The summed E-state index contributed by atoms with van der Waals surface area (Å²) < 4.78 is 54.5. The van der Waals surface area contributed by atoms with Crippen LogP contribution < -0.4 is 4.74 Å². The van der Waals surface area contributed by atoms with Gasteiger partial charge in [0.1, 0.15) is 11.4 Å². The predicted molar refractivity (Wildman–Crippen MR) is 113 cm³/mol. The highest BCUT2D eigenvalue weighted by Gasteiger charge is 2.45. The zero-order valence-corrected chi connectivity index (χ0v) is 18.3. The maximum absolute atomic E-state index is 13.1. The van der Waals surface area contributed by atoms with E-state index in [0.717, 1.165) is 12.1 Å². The summed E-state index contributed by atoms with van der Waals surface area (Å²) in [5.41, 5.74) is 0.981. The third-order valence-electron chi connectivity index (χ3n) is 5.71. The number of alkyl halides is 3. The molecule has 35 heavy (non-hydrogen) atoms. The van der Waals surface area contributed by atoms with E-state index in [-0.39, 0.29) is 50.0 Å². The van der Waals surface area contributed by atoms with Gasteiger partial charge in [-0.25, -0.2) is 4.98 Å². The van der Waals surface area contributed by atoms with E-state index in [9.17, 15) is 22.8 Å². The lowest BCUT2D eigenvalue weighted by Crippen LogP contribution is -2.63. The van der Waals surface area contributed by atoms with E-state index in [1.54, 1.807) is 34.1 Å². The van der Waals surface area contributed by atoms with E-state index in [1.165, 1.54) is 17.0 Å². The summed E-state index contributed by atoms with van der Waals surface area (Å²) in [6.07, 6.45) is 1.63. The molecule has 1 spiro atoms. The summed E-state index contributed by atoms with van der Waals surface area (Å²) in [4.78, 5) is 37.5. The van der Waals surface area contributed by atoms with Gasteiger partial charge in [-0.1, -0.05) is 0 Å². The monoisotopic (exact) mass is 491 g/mol. The Morgan fingerprint density at radius 1 is 1.00 bits per heavy atom. The van der Waals surface area contributed by atoms with Gasteiger partial charge in [0.15, 0.2) is 5.65 Å². The van der Waals surface area contributed by atoms with Crippen molar-refractivity contribution in [1.82, 2.24) is 24.2 Å². The number of carbonyl (C=O) groups is 2. The van der Waals surface area contributed by atoms with Crippen LogP contribution in [0.4, 0.5) is 13.2 Å². The number of halogens is 3. The molecule has 10 nitrogen and oxygen atoms in total. The predicted octanol–water partition coefficient (Wildman–Crippen LogP) is 1.97. The van der Waals surface area contributed by atoms with Gasteiger partial charge in [0.25, 0.3) is 11.8 Å². The number of ether oxygens (including phenoxy) is 3. The highest BCUT2D eigenvalue weighted by atomic mass is 19.4. The summed E-state index contributed by atoms with van der Waals surface area (Å²) in [6.45, 7) is 1.09. The van der Waals surface area contributed by atoms with E-state index in [2.05, 4.69) is 14.7 Å². The maximum Gasteiger partial charge on any atom is 0.573 e. The van der Waals surface area contributed by atoms with Crippen molar-refractivity contribution in [2.75, 3.05) is 39.4 Å². The fourth-order valence-corrected chi connectivity index (χ4v) is 4.13. The van der Waals surface area contributed by atoms with Crippen molar-refractivity contribution in [3.8, 4) is 5.75 Å². The second kappa shape index (κ2) is 8.82. The molecule has 0 radical (unpaired) electrons. The minimum absolute atomic E-state index is 0.0471. The molecule has 0 saturated carbocycles. The van der Waals surface area contributed by atoms with Crippen LogP contribution in [0.5, 0.6) is 5.75 Å². The van der Waals surface area contributed by atoms with Crippen molar-refractivity contribution < 1.29 is 37.0 Å². The molecule has 2 saturated heterocycles. The van der Waals surface area contributed by atoms with Crippen molar-refractivity contribution in [2.24, 2.45) is 0 Å². The molecule has 184 valence electrons. The van der Waals surface area contributed by atoms with E-state index in [4.69, 9.17) is 9.47 Å². The molecule has 0 bridgehead atoms. The van der Waals surface area contributed by atoms with E-state index in [0.29, 0.717) is 12.2 Å². The SMILES string of the molecule is O=C(c1ccc(OC(F)(F)F)cc1)N1CCOC2(C1)CN(C(=O)c1cn3ccncc3n1)CCO2. The van der Waals surface area contributed by atoms with Crippen LogP contribution in [0.3, 0.4) is 0 Å². The molecule has 1 atom stereocenters. The van der Waals surface area contributed by atoms with Gasteiger partial charge in [0.2, 0.25) is 5.79 Å². The number of rotatable bonds is 3. The fraction of sp³-hybridized carbons (Fsp3) is 0.364. The van der Waals surface area contributed by atoms with Gasteiger partial charge in [0, 0.05) is 37.2 Å². The van der Waals surface area contributed by atoms with Gasteiger partial charge in [-0.2, -0.15) is 0 Å². The van der Waals surface area contributed by atoms with Crippen LogP contribution in [0, 0.1) is 0 Å². The zero-order valence-electron chi connectivity index (χ0n) is 18.3. The lowest BCUT2D eigenvalue weighted by atomic mass is 10.1. The first-order valence-corrected chi connectivity index (χ1v) is 10.7. The minimum atomic E-state index is -4.82. The Hall–Kier alpha value is -3.71. The van der Waals surface area contributed by atoms with Gasteiger partial charge < -0.3 is 28.4 Å². The Balaban J connectivity index is 1.28. The average Bonchev–Trinajstić information content (AvgIpc) is 3.27. The average molecular weight is 491 g/mol. The van der Waals surface area contributed by atoms with E-state index in [1.807, 2.05) is 0 Å².